The van der Waals surface area contributed by atoms with E-state index in [-0.39, 0.29) is 11.9 Å². The molecule has 32 heavy (non-hydrogen) atoms. The lowest BCUT2D eigenvalue weighted by Crippen LogP contribution is -2.42. The van der Waals surface area contributed by atoms with E-state index < -0.39 is 11.8 Å². The number of hydrogen-bond donors (Lipinski definition) is 1. The van der Waals surface area contributed by atoms with E-state index in [1.807, 2.05) is 62.4 Å². The highest BCUT2D eigenvalue weighted by Crippen LogP contribution is 2.36. The molecule has 5 nitrogen and oxygen atoms in total. The number of carbonyl (C=O) groups excluding carboxylic acids is 3. The normalized spacial score (nSPS) is 14.1. The molecule has 4 aromatic rings. The lowest BCUT2D eigenvalue weighted by molar-refractivity contribution is 0.0893. The molecule has 1 N–H and O–H groups in total. The van der Waals surface area contributed by atoms with E-state index in [0.717, 1.165) is 27.5 Å². The van der Waals surface area contributed by atoms with Crippen molar-refractivity contribution in [3.05, 3.63) is 89.5 Å². The fraction of sp³-hybridized carbons (Fsp3) is 0.148. The lowest BCUT2D eigenvalue weighted by atomic mass is 9.93. The smallest absolute Gasteiger partial charge is 0.266 e. The van der Waals surface area contributed by atoms with Crippen LogP contribution in [0.2, 0.25) is 0 Å². The molecule has 1 aliphatic rings. The van der Waals surface area contributed by atoms with Gasteiger partial charge < -0.3 is 5.32 Å². The number of amides is 3. The predicted molar refractivity (Wildman–Crippen MR) is 126 cm³/mol. The van der Waals surface area contributed by atoms with Gasteiger partial charge in [-0.25, -0.2) is 4.90 Å². The lowest BCUT2D eigenvalue weighted by Gasteiger charge is -2.29. The van der Waals surface area contributed by atoms with Gasteiger partial charge >= 0.3 is 0 Å². The van der Waals surface area contributed by atoms with Crippen molar-refractivity contribution in [2.75, 3.05) is 4.90 Å². The first-order chi connectivity index (χ1) is 15.5. The molecule has 0 spiro atoms. The maximum atomic E-state index is 13.6. The summed E-state index contributed by atoms with van der Waals surface area (Å²) >= 11 is 0. The van der Waals surface area contributed by atoms with Crippen LogP contribution in [0.3, 0.4) is 0 Å². The largest absolute Gasteiger partial charge is 0.350 e. The van der Waals surface area contributed by atoms with E-state index in [0.29, 0.717) is 27.8 Å². The summed E-state index contributed by atoms with van der Waals surface area (Å²) in [4.78, 5) is 41.5. The molecule has 0 fully saturated rings. The molecule has 0 aromatic heterocycles. The van der Waals surface area contributed by atoms with E-state index in [2.05, 4.69) is 5.32 Å². The Morgan fingerprint density at radius 2 is 1.41 bits per heavy atom. The second-order valence-corrected chi connectivity index (χ2v) is 8.15. The molecule has 5 rings (SSSR count). The van der Waals surface area contributed by atoms with Crippen LogP contribution in [0.25, 0.3) is 21.5 Å². The molecule has 0 saturated carbocycles. The van der Waals surface area contributed by atoms with Gasteiger partial charge in [0.25, 0.3) is 17.7 Å². The number of imide groups is 1. The zero-order chi connectivity index (χ0) is 22.4. The molecule has 4 aromatic carbocycles. The Morgan fingerprint density at radius 1 is 0.844 bits per heavy atom. The Hall–Kier alpha value is -3.99. The quantitative estimate of drug-likeness (QED) is 0.453. The van der Waals surface area contributed by atoms with Gasteiger partial charge in [0, 0.05) is 22.6 Å². The number of carbonyl (C=O) groups is 3. The minimum absolute atomic E-state index is 0.0379. The second-order valence-electron chi connectivity index (χ2n) is 8.15. The van der Waals surface area contributed by atoms with Crippen LogP contribution in [-0.2, 0) is 0 Å². The monoisotopic (exact) mass is 422 g/mol. The van der Waals surface area contributed by atoms with E-state index in [9.17, 15) is 14.4 Å². The van der Waals surface area contributed by atoms with Crippen molar-refractivity contribution in [3.8, 4) is 0 Å². The number of nitrogens with zero attached hydrogens (tertiary/aromatic N) is 1. The minimum Gasteiger partial charge on any atom is -0.350 e. The third kappa shape index (κ3) is 3.05. The molecule has 1 heterocycles. The molecular formula is C27H22N2O3. The number of rotatable bonds is 4. The Bertz CT molecular complexity index is 1370. The zero-order valence-electron chi connectivity index (χ0n) is 17.9. The van der Waals surface area contributed by atoms with Gasteiger partial charge in [0.1, 0.15) is 0 Å². The molecule has 1 atom stereocenters. The molecule has 0 bridgehead atoms. The van der Waals surface area contributed by atoms with Crippen molar-refractivity contribution in [3.63, 3.8) is 0 Å². The Kier molecular flexibility index (Phi) is 4.74. The molecule has 3 amide bonds. The third-order valence-electron chi connectivity index (χ3n) is 6.11. The van der Waals surface area contributed by atoms with Crippen LogP contribution < -0.4 is 10.2 Å². The van der Waals surface area contributed by atoms with Gasteiger partial charge in [-0.15, -0.1) is 0 Å². The maximum absolute atomic E-state index is 13.6. The Morgan fingerprint density at radius 3 is 2.00 bits per heavy atom. The average Bonchev–Trinajstić information content (AvgIpc) is 2.81. The average molecular weight is 422 g/mol. The number of fused-ring (bicyclic) bond motifs is 1. The Labute approximate surface area is 185 Å². The number of benzene rings is 4. The summed E-state index contributed by atoms with van der Waals surface area (Å²) in [5, 5.41) is 6.19. The van der Waals surface area contributed by atoms with Crippen LogP contribution in [0.4, 0.5) is 5.69 Å². The summed E-state index contributed by atoms with van der Waals surface area (Å²) in [6, 6.07) is 21.9. The van der Waals surface area contributed by atoms with Gasteiger partial charge in [0.15, 0.2) is 0 Å². The Balaban J connectivity index is 1.73. The highest BCUT2D eigenvalue weighted by molar-refractivity contribution is 6.36. The van der Waals surface area contributed by atoms with Gasteiger partial charge in [0.05, 0.1) is 11.3 Å². The van der Waals surface area contributed by atoms with Crippen molar-refractivity contribution in [1.82, 2.24) is 5.32 Å². The van der Waals surface area contributed by atoms with Crippen LogP contribution in [-0.4, -0.2) is 23.8 Å². The summed E-state index contributed by atoms with van der Waals surface area (Å²) in [6.45, 7) is 3.91. The van der Waals surface area contributed by atoms with Crippen LogP contribution in [0.5, 0.6) is 0 Å². The summed E-state index contributed by atoms with van der Waals surface area (Å²) in [6.07, 6.45) is 0.769. The first-order valence-corrected chi connectivity index (χ1v) is 10.7. The van der Waals surface area contributed by atoms with Crippen molar-refractivity contribution >= 4 is 45.0 Å². The van der Waals surface area contributed by atoms with E-state index in [1.165, 1.54) is 0 Å². The molecule has 1 aliphatic heterocycles. The third-order valence-corrected chi connectivity index (χ3v) is 6.11. The van der Waals surface area contributed by atoms with Crippen molar-refractivity contribution < 1.29 is 14.4 Å². The summed E-state index contributed by atoms with van der Waals surface area (Å²) in [7, 11) is 0. The van der Waals surface area contributed by atoms with Crippen LogP contribution >= 0.6 is 0 Å². The van der Waals surface area contributed by atoms with Crippen LogP contribution in [0, 0.1) is 0 Å². The van der Waals surface area contributed by atoms with Crippen molar-refractivity contribution in [1.29, 1.82) is 0 Å². The molecule has 0 radical (unpaired) electrons. The van der Waals surface area contributed by atoms with Crippen molar-refractivity contribution in [2.24, 2.45) is 0 Å². The fourth-order valence-electron chi connectivity index (χ4n) is 4.25. The number of anilines is 1. The van der Waals surface area contributed by atoms with Crippen molar-refractivity contribution in [2.45, 2.75) is 26.3 Å². The van der Waals surface area contributed by atoms with Crippen LogP contribution in [0.15, 0.2) is 72.8 Å². The summed E-state index contributed by atoms with van der Waals surface area (Å²) < 4.78 is 0. The summed E-state index contributed by atoms with van der Waals surface area (Å²) in [5.74, 6) is -1.16. The van der Waals surface area contributed by atoms with Gasteiger partial charge in [-0.2, -0.15) is 0 Å². The molecule has 5 heteroatoms. The topological polar surface area (TPSA) is 66.5 Å². The standard InChI is InChI=1S/C27H22N2O3/c1-3-16(2)28-25(30)22-14-18-8-4-5-9-19(18)15-23(22)29-26(31)20-12-6-10-17-11-7-13-21(24(17)20)27(29)32/h4-16H,3H2,1-2H3,(H,28,30)/t16-/m0/s1. The fourth-order valence-corrected chi connectivity index (χ4v) is 4.25. The van der Waals surface area contributed by atoms with E-state index in [1.54, 1.807) is 24.3 Å². The first-order valence-electron chi connectivity index (χ1n) is 10.7. The summed E-state index contributed by atoms with van der Waals surface area (Å²) in [5.41, 5.74) is 1.52. The predicted octanol–water partition coefficient (Wildman–Crippen LogP) is 5.32. The van der Waals surface area contributed by atoms with Gasteiger partial charge in [0.2, 0.25) is 0 Å². The highest BCUT2D eigenvalue weighted by atomic mass is 16.2. The molecular weight excluding hydrogens is 400 g/mol. The molecule has 158 valence electrons. The molecule has 0 aliphatic carbocycles. The zero-order valence-corrected chi connectivity index (χ0v) is 17.9. The van der Waals surface area contributed by atoms with Crippen LogP contribution in [0.1, 0.15) is 51.3 Å². The van der Waals surface area contributed by atoms with Gasteiger partial charge in [-0.1, -0.05) is 55.5 Å². The second kappa shape index (κ2) is 7.61. The van der Waals surface area contributed by atoms with E-state index >= 15 is 0 Å². The molecule has 0 unspecified atom stereocenters. The number of hydrogen-bond acceptors (Lipinski definition) is 3. The molecule has 0 saturated heterocycles. The maximum Gasteiger partial charge on any atom is 0.266 e. The number of nitrogens with one attached hydrogen (secondary N) is 1. The van der Waals surface area contributed by atoms with Gasteiger partial charge in [-0.05, 0) is 53.8 Å². The van der Waals surface area contributed by atoms with Gasteiger partial charge in [-0.3, -0.25) is 14.4 Å². The SMILES string of the molecule is CC[C@H](C)NC(=O)c1cc2ccccc2cc1N1C(=O)c2cccc3cccc(c23)C1=O. The minimum atomic E-state index is -0.424. The first kappa shape index (κ1) is 19.9. The van der Waals surface area contributed by atoms with E-state index in [4.69, 9.17) is 0 Å². The highest BCUT2D eigenvalue weighted by Gasteiger charge is 2.36.